The zero-order chi connectivity index (χ0) is 17.7. The van der Waals surface area contributed by atoms with Crippen LogP contribution >= 0.6 is 0 Å². The molecule has 2 fully saturated rings. The van der Waals surface area contributed by atoms with Gasteiger partial charge in [0.05, 0.1) is 0 Å². The molecule has 0 aromatic carbocycles. The Hall–Kier alpha value is -1.59. The van der Waals surface area contributed by atoms with Crippen molar-refractivity contribution < 1.29 is 14.4 Å². The van der Waals surface area contributed by atoms with Crippen molar-refractivity contribution in [2.24, 2.45) is 11.8 Å². The van der Waals surface area contributed by atoms with Gasteiger partial charge in [-0.1, -0.05) is 20.8 Å². The molecule has 0 saturated carbocycles. The van der Waals surface area contributed by atoms with Gasteiger partial charge in [-0.3, -0.25) is 14.4 Å². The summed E-state index contributed by atoms with van der Waals surface area (Å²) in [6, 6.07) is 0.225. The fourth-order valence-electron chi connectivity index (χ4n) is 3.54. The molecule has 0 radical (unpaired) electrons. The molecule has 2 aliphatic rings. The second-order valence-corrected chi connectivity index (χ2v) is 7.57. The number of carbonyl (C=O) groups is 3. The van der Waals surface area contributed by atoms with Gasteiger partial charge in [0.25, 0.3) is 0 Å². The number of hydrogen-bond acceptors (Lipinski definition) is 3. The van der Waals surface area contributed by atoms with Gasteiger partial charge in [-0.2, -0.15) is 0 Å². The molecule has 2 heterocycles. The monoisotopic (exact) mass is 337 g/mol. The second-order valence-electron chi connectivity index (χ2n) is 7.57. The minimum Gasteiger partial charge on any atom is -0.353 e. The van der Waals surface area contributed by atoms with Crippen molar-refractivity contribution in [2.75, 3.05) is 13.1 Å². The third-order valence-corrected chi connectivity index (χ3v) is 5.01. The lowest BCUT2D eigenvalue weighted by Gasteiger charge is -2.34. The third kappa shape index (κ3) is 5.21. The first kappa shape index (κ1) is 18.7. The highest BCUT2D eigenvalue weighted by molar-refractivity contribution is 5.87. The van der Waals surface area contributed by atoms with Gasteiger partial charge in [0, 0.05) is 43.9 Å². The van der Waals surface area contributed by atoms with E-state index in [2.05, 4.69) is 24.5 Å². The van der Waals surface area contributed by atoms with Gasteiger partial charge >= 0.3 is 0 Å². The van der Waals surface area contributed by atoms with Gasteiger partial charge in [0.15, 0.2) is 0 Å². The predicted octanol–water partition coefficient (Wildman–Crippen LogP) is 1.44. The maximum atomic E-state index is 12.5. The second kappa shape index (κ2) is 8.49. The van der Waals surface area contributed by atoms with Crippen LogP contribution in [0.15, 0.2) is 0 Å². The molecule has 3 amide bonds. The van der Waals surface area contributed by atoms with Crippen LogP contribution in [0.4, 0.5) is 0 Å². The summed E-state index contributed by atoms with van der Waals surface area (Å²) in [5.74, 6) is 0.338. The van der Waals surface area contributed by atoms with Gasteiger partial charge in [-0.05, 0) is 31.6 Å². The summed E-state index contributed by atoms with van der Waals surface area (Å²) in [6.45, 7) is 7.54. The predicted molar refractivity (Wildman–Crippen MR) is 92.1 cm³/mol. The molecule has 2 rings (SSSR count). The van der Waals surface area contributed by atoms with E-state index in [-0.39, 0.29) is 42.1 Å². The zero-order valence-electron chi connectivity index (χ0n) is 15.1. The van der Waals surface area contributed by atoms with Crippen LogP contribution in [0.5, 0.6) is 0 Å². The van der Waals surface area contributed by atoms with Crippen molar-refractivity contribution in [3.05, 3.63) is 0 Å². The number of rotatable bonds is 5. The molecular weight excluding hydrogens is 306 g/mol. The van der Waals surface area contributed by atoms with E-state index in [0.717, 1.165) is 25.7 Å². The molecule has 0 aromatic heterocycles. The maximum Gasteiger partial charge on any atom is 0.223 e. The summed E-state index contributed by atoms with van der Waals surface area (Å²) in [5, 5.41) is 6.02. The zero-order valence-corrected chi connectivity index (χ0v) is 15.1. The van der Waals surface area contributed by atoms with Crippen LogP contribution in [0.25, 0.3) is 0 Å². The van der Waals surface area contributed by atoms with E-state index in [1.54, 1.807) is 0 Å². The van der Waals surface area contributed by atoms with Crippen molar-refractivity contribution in [1.29, 1.82) is 0 Å². The lowest BCUT2D eigenvalue weighted by molar-refractivity contribution is -0.135. The Labute approximate surface area is 144 Å². The average molecular weight is 337 g/mol. The summed E-state index contributed by atoms with van der Waals surface area (Å²) in [6.07, 6.45) is 4.05. The van der Waals surface area contributed by atoms with E-state index < -0.39 is 0 Å². The highest BCUT2D eigenvalue weighted by Crippen LogP contribution is 2.20. The van der Waals surface area contributed by atoms with Crippen LogP contribution < -0.4 is 10.6 Å². The normalized spacial score (nSPS) is 25.5. The van der Waals surface area contributed by atoms with Gasteiger partial charge in [0.2, 0.25) is 17.7 Å². The van der Waals surface area contributed by atoms with Crippen molar-refractivity contribution >= 4 is 17.7 Å². The molecule has 0 bridgehead atoms. The average Bonchev–Trinajstić information content (AvgIpc) is 2.54. The molecule has 6 heteroatoms. The topological polar surface area (TPSA) is 78.5 Å². The van der Waals surface area contributed by atoms with Crippen molar-refractivity contribution in [1.82, 2.24) is 15.5 Å². The highest BCUT2D eigenvalue weighted by Gasteiger charge is 2.32. The number of piperidine rings is 2. The highest BCUT2D eigenvalue weighted by atomic mass is 16.2. The Morgan fingerprint density at radius 1 is 1.29 bits per heavy atom. The van der Waals surface area contributed by atoms with E-state index in [1.165, 1.54) is 0 Å². The fraction of sp³-hybridized carbons (Fsp3) is 0.833. The molecule has 0 aromatic rings. The Kier molecular flexibility index (Phi) is 6.63. The summed E-state index contributed by atoms with van der Waals surface area (Å²) in [7, 11) is 0. The number of hydrogen-bond donors (Lipinski definition) is 2. The summed E-state index contributed by atoms with van der Waals surface area (Å²) in [4.78, 5) is 38.2. The quantitative estimate of drug-likeness (QED) is 0.797. The Balaban J connectivity index is 1.78. The van der Waals surface area contributed by atoms with Crippen LogP contribution in [-0.2, 0) is 14.4 Å². The number of likely N-dealkylation sites (tertiary alicyclic amines) is 1. The molecular formula is C18H31N3O3. The molecule has 0 spiro atoms. The fourth-order valence-corrected chi connectivity index (χ4v) is 3.54. The summed E-state index contributed by atoms with van der Waals surface area (Å²) < 4.78 is 0. The van der Waals surface area contributed by atoms with Crippen LogP contribution in [0.3, 0.4) is 0 Å². The van der Waals surface area contributed by atoms with Crippen LogP contribution in [-0.4, -0.2) is 47.8 Å². The van der Waals surface area contributed by atoms with E-state index in [4.69, 9.17) is 0 Å². The molecule has 6 nitrogen and oxygen atoms in total. The van der Waals surface area contributed by atoms with E-state index >= 15 is 0 Å². The first-order valence-corrected chi connectivity index (χ1v) is 9.26. The van der Waals surface area contributed by atoms with Gasteiger partial charge in [0.1, 0.15) is 0 Å². The van der Waals surface area contributed by atoms with E-state index in [1.807, 2.05) is 11.8 Å². The van der Waals surface area contributed by atoms with Gasteiger partial charge in [-0.25, -0.2) is 0 Å². The minimum atomic E-state index is -0.218. The van der Waals surface area contributed by atoms with Crippen LogP contribution in [0.1, 0.15) is 59.3 Å². The molecule has 2 atom stereocenters. The van der Waals surface area contributed by atoms with Crippen LogP contribution in [0, 0.1) is 11.8 Å². The molecule has 2 saturated heterocycles. The lowest BCUT2D eigenvalue weighted by atomic mass is 9.89. The molecule has 2 aliphatic heterocycles. The van der Waals surface area contributed by atoms with Crippen molar-refractivity contribution in [2.45, 2.75) is 71.4 Å². The number of carbonyl (C=O) groups excluding carboxylic acids is 3. The first-order chi connectivity index (χ1) is 11.4. The van der Waals surface area contributed by atoms with Gasteiger partial charge < -0.3 is 15.5 Å². The number of nitrogens with zero attached hydrogens (tertiary/aromatic N) is 1. The Morgan fingerprint density at radius 2 is 1.96 bits per heavy atom. The van der Waals surface area contributed by atoms with Crippen molar-refractivity contribution in [3.63, 3.8) is 0 Å². The van der Waals surface area contributed by atoms with Crippen LogP contribution in [0.2, 0.25) is 0 Å². The lowest BCUT2D eigenvalue weighted by Crippen LogP contribution is -2.51. The van der Waals surface area contributed by atoms with Crippen molar-refractivity contribution in [3.8, 4) is 0 Å². The smallest absolute Gasteiger partial charge is 0.223 e. The largest absolute Gasteiger partial charge is 0.353 e. The third-order valence-electron chi connectivity index (χ3n) is 5.01. The van der Waals surface area contributed by atoms with E-state index in [9.17, 15) is 14.4 Å². The standard InChI is InChI=1S/C18H31N3O3/c1-4-14-10-13(11-16(22)19-14)18(24)20-15-5-7-21(8-6-15)17(23)9-12(2)3/h12-15H,4-11H2,1-3H3,(H,19,22)(H,20,24)/t13-,14+/m1/s1. The SMILES string of the molecule is CC[C@H]1C[C@@H](C(=O)NC2CCN(C(=O)CC(C)C)CC2)CC(=O)N1. The molecule has 0 unspecified atom stereocenters. The molecule has 2 N–H and O–H groups in total. The Bertz CT molecular complexity index is 470. The maximum absolute atomic E-state index is 12.5. The summed E-state index contributed by atoms with van der Waals surface area (Å²) in [5.41, 5.74) is 0. The first-order valence-electron chi connectivity index (χ1n) is 9.26. The molecule has 24 heavy (non-hydrogen) atoms. The number of amides is 3. The van der Waals surface area contributed by atoms with Gasteiger partial charge in [-0.15, -0.1) is 0 Å². The van der Waals surface area contributed by atoms with E-state index in [0.29, 0.717) is 25.4 Å². The minimum absolute atomic E-state index is 0.00439. The molecule has 136 valence electrons. The molecule has 0 aliphatic carbocycles. The summed E-state index contributed by atoms with van der Waals surface area (Å²) >= 11 is 0. The number of nitrogens with one attached hydrogen (secondary N) is 2. The Morgan fingerprint density at radius 3 is 2.54 bits per heavy atom.